The number of nitrogens with zero attached hydrogens (tertiary/aromatic N) is 1. The van der Waals surface area contributed by atoms with Crippen LogP contribution >= 0.6 is 0 Å². The van der Waals surface area contributed by atoms with Crippen LogP contribution in [0.2, 0.25) is 0 Å². The number of hydrogen-bond acceptors (Lipinski definition) is 3. The van der Waals surface area contributed by atoms with Crippen LogP contribution in [-0.4, -0.2) is 45.2 Å². The minimum absolute atomic E-state index is 0.0163. The number of aryl methyl sites for hydroxylation is 1. The number of hydrogen-bond donors (Lipinski definition) is 3. The summed E-state index contributed by atoms with van der Waals surface area (Å²) in [4.78, 5) is 16.1. The normalized spacial score (nSPS) is 11.3. The van der Waals surface area contributed by atoms with Crippen molar-refractivity contribution in [3.05, 3.63) is 29.8 Å². The first kappa shape index (κ1) is 21.8. The van der Waals surface area contributed by atoms with Gasteiger partial charge in [-0.05, 0) is 43.9 Å². The van der Waals surface area contributed by atoms with Crippen LogP contribution in [0.3, 0.4) is 0 Å². The average Bonchev–Trinajstić information content (AvgIpc) is 2.64. The van der Waals surface area contributed by atoms with Gasteiger partial charge < -0.3 is 20.7 Å². The molecule has 1 amide bonds. The maximum absolute atomic E-state index is 11.5. The molecule has 0 aliphatic heterocycles. The van der Waals surface area contributed by atoms with Crippen molar-refractivity contribution in [3.63, 3.8) is 0 Å². The summed E-state index contributed by atoms with van der Waals surface area (Å²) >= 11 is 0. The molecule has 1 aromatic carbocycles. The third-order valence-corrected chi connectivity index (χ3v) is 3.89. The second-order valence-corrected chi connectivity index (χ2v) is 6.44. The van der Waals surface area contributed by atoms with Gasteiger partial charge in [0.1, 0.15) is 5.75 Å². The van der Waals surface area contributed by atoms with Crippen LogP contribution in [0, 0.1) is 5.92 Å². The maximum Gasteiger partial charge on any atom is 0.222 e. The quantitative estimate of drug-likeness (QED) is 0.321. The van der Waals surface area contributed by atoms with E-state index in [1.165, 1.54) is 5.56 Å². The van der Waals surface area contributed by atoms with E-state index in [1.807, 2.05) is 32.9 Å². The molecular formula is C20H34N4O2. The van der Waals surface area contributed by atoms with E-state index < -0.39 is 0 Å². The Hall–Kier alpha value is -2.24. The molecule has 0 spiro atoms. The third-order valence-electron chi connectivity index (χ3n) is 3.89. The lowest BCUT2D eigenvalue weighted by Gasteiger charge is -2.12. The Bertz CT molecular complexity index is 541. The number of rotatable bonds is 11. The summed E-state index contributed by atoms with van der Waals surface area (Å²) in [5.41, 5.74) is 1.32. The second-order valence-electron chi connectivity index (χ2n) is 6.44. The van der Waals surface area contributed by atoms with Crippen molar-refractivity contribution in [1.29, 1.82) is 0 Å². The summed E-state index contributed by atoms with van der Waals surface area (Å²) in [6, 6.07) is 8.22. The number of amides is 1. The summed E-state index contributed by atoms with van der Waals surface area (Å²) in [7, 11) is 1.68. The molecule has 0 fully saturated rings. The lowest BCUT2D eigenvalue weighted by molar-refractivity contribution is -0.123. The Morgan fingerprint density at radius 1 is 1.08 bits per heavy atom. The standard InChI is InChI=1S/C20H34N4O2/c1-5-21-20(24-15-14-22-19(25)16(2)3)23-13-7-6-8-17-9-11-18(26-4)12-10-17/h9-12,16H,5-8,13-15H2,1-4H3,(H,22,25)(H2,21,23,24). The summed E-state index contributed by atoms with van der Waals surface area (Å²) in [5, 5.41) is 9.36. The van der Waals surface area contributed by atoms with E-state index in [2.05, 4.69) is 33.1 Å². The summed E-state index contributed by atoms with van der Waals surface area (Å²) in [5.74, 6) is 1.79. The third kappa shape index (κ3) is 9.30. The second kappa shape index (κ2) is 13.0. The molecule has 0 heterocycles. The van der Waals surface area contributed by atoms with Gasteiger partial charge in [0.15, 0.2) is 5.96 Å². The minimum atomic E-state index is 0.0163. The van der Waals surface area contributed by atoms with E-state index in [9.17, 15) is 4.79 Å². The van der Waals surface area contributed by atoms with E-state index in [0.29, 0.717) is 13.1 Å². The zero-order valence-corrected chi connectivity index (χ0v) is 16.6. The SMILES string of the molecule is CCNC(=NCCCCc1ccc(OC)cc1)NCCNC(=O)C(C)C. The fourth-order valence-corrected chi connectivity index (χ4v) is 2.34. The molecule has 26 heavy (non-hydrogen) atoms. The van der Waals surface area contributed by atoms with Crippen LogP contribution in [0.4, 0.5) is 0 Å². The highest BCUT2D eigenvalue weighted by molar-refractivity contribution is 5.80. The van der Waals surface area contributed by atoms with Gasteiger partial charge in [-0.3, -0.25) is 9.79 Å². The van der Waals surface area contributed by atoms with Crippen LogP contribution in [0.15, 0.2) is 29.3 Å². The number of aliphatic imine (C=N–C) groups is 1. The Morgan fingerprint density at radius 2 is 1.77 bits per heavy atom. The van der Waals surface area contributed by atoms with Crippen molar-refractivity contribution < 1.29 is 9.53 Å². The summed E-state index contributed by atoms with van der Waals surface area (Å²) < 4.78 is 5.17. The molecule has 3 N–H and O–H groups in total. The first-order chi connectivity index (χ1) is 12.6. The Labute approximate surface area is 157 Å². The van der Waals surface area contributed by atoms with Crippen molar-refractivity contribution in [1.82, 2.24) is 16.0 Å². The zero-order valence-electron chi connectivity index (χ0n) is 16.6. The maximum atomic E-state index is 11.5. The number of benzene rings is 1. The van der Waals surface area contributed by atoms with Crippen LogP contribution in [-0.2, 0) is 11.2 Å². The molecule has 146 valence electrons. The summed E-state index contributed by atoms with van der Waals surface area (Å²) in [6.07, 6.45) is 3.18. The molecule has 6 heteroatoms. The first-order valence-electron chi connectivity index (χ1n) is 9.49. The van der Waals surface area contributed by atoms with E-state index in [-0.39, 0.29) is 11.8 Å². The fraction of sp³-hybridized carbons (Fsp3) is 0.600. The Kier molecular flexibility index (Phi) is 10.9. The first-order valence-corrected chi connectivity index (χ1v) is 9.49. The van der Waals surface area contributed by atoms with Crippen LogP contribution in [0.5, 0.6) is 5.75 Å². The molecule has 0 saturated heterocycles. The lowest BCUT2D eigenvalue weighted by Crippen LogP contribution is -2.42. The van der Waals surface area contributed by atoms with Crippen molar-refractivity contribution in [3.8, 4) is 5.75 Å². The number of guanidine groups is 1. The Morgan fingerprint density at radius 3 is 2.38 bits per heavy atom. The molecule has 0 saturated carbocycles. The highest BCUT2D eigenvalue weighted by atomic mass is 16.5. The number of methoxy groups -OCH3 is 1. The largest absolute Gasteiger partial charge is 0.497 e. The van der Waals surface area contributed by atoms with Gasteiger partial charge in [-0.15, -0.1) is 0 Å². The minimum Gasteiger partial charge on any atom is -0.497 e. The van der Waals surface area contributed by atoms with Gasteiger partial charge in [-0.25, -0.2) is 0 Å². The topological polar surface area (TPSA) is 74.8 Å². The lowest BCUT2D eigenvalue weighted by atomic mass is 10.1. The van der Waals surface area contributed by atoms with Gasteiger partial charge in [0.25, 0.3) is 0 Å². The Balaban J connectivity index is 2.24. The molecule has 0 atom stereocenters. The van der Waals surface area contributed by atoms with Gasteiger partial charge >= 0.3 is 0 Å². The average molecular weight is 363 g/mol. The van der Waals surface area contributed by atoms with E-state index in [1.54, 1.807) is 7.11 Å². The van der Waals surface area contributed by atoms with Crippen molar-refractivity contribution >= 4 is 11.9 Å². The molecule has 6 nitrogen and oxygen atoms in total. The van der Waals surface area contributed by atoms with Crippen LogP contribution in [0.25, 0.3) is 0 Å². The predicted molar refractivity (Wildman–Crippen MR) is 108 cm³/mol. The van der Waals surface area contributed by atoms with E-state index in [4.69, 9.17) is 4.74 Å². The van der Waals surface area contributed by atoms with Crippen molar-refractivity contribution in [2.45, 2.75) is 40.0 Å². The molecule has 0 aliphatic rings. The molecule has 1 rings (SSSR count). The highest BCUT2D eigenvalue weighted by Gasteiger charge is 2.05. The zero-order chi connectivity index (χ0) is 19.2. The molecule has 0 unspecified atom stereocenters. The molecule has 1 aromatic rings. The molecule has 0 aromatic heterocycles. The van der Waals surface area contributed by atoms with Gasteiger partial charge in [0.2, 0.25) is 5.91 Å². The highest BCUT2D eigenvalue weighted by Crippen LogP contribution is 2.13. The van der Waals surface area contributed by atoms with Crippen LogP contribution < -0.4 is 20.7 Å². The van der Waals surface area contributed by atoms with E-state index >= 15 is 0 Å². The number of nitrogens with one attached hydrogen (secondary N) is 3. The van der Waals surface area contributed by atoms with Gasteiger partial charge in [0.05, 0.1) is 7.11 Å². The number of ether oxygens (including phenoxy) is 1. The number of carbonyl (C=O) groups is 1. The molecule has 0 radical (unpaired) electrons. The van der Waals surface area contributed by atoms with Crippen molar-refractivity contribution in [2.24, 2.45) is 10.9 Å². The molecular weight excluding hydrogens is 328 g/mol. The van der Waals surface area contributed by atoms with E-state index in [0.717, 1.165) is 44.1 Å². The number of unbranched alkanes of at least 4 members (excludes halogenated alkanes) is 1. The number of carbonyl (C=O) groups excluding carboxylic acids is 1. The predicted octanol–water partition coefficient (Wildman–Crippen LogP) is 2.35. The molecule has 0 bridgehead atoms. The smallest absolute Gasteiger partial charge is 0.222 e. The fourth-order valence-electron chi connectivity index (χ4n) is 2.34. The van der Waals surface area contributed by atoms with Crippen LogP contribution in [0.1, 0.15) is 39.2 Å². The van der Waals surface area contributed by atoms with Gasteiger partial charge in [-0.2, -0.15) is 0 Å². The monoisotopic (exact) mass is 362 g/mol. The summed E-state index contributed by atoms with van der Waals surface area (Å²) in [6.45, 7) is 8.68. The van der Waals surface area contributed by atoms with Gasteiger partial charge in [0, 0.05) is 32.1 Å². The van der Waals surface area contributed by atoms with Gasteiger partial charge in [-0.1, -0.05) is 26.0 Å². The van der Waals surface area contributed by atoms with Crippen molar-refractivity contribution in [2.75, 3.05) is 33.3 Å². The molecule has 0 aliphatic carbocycles.